The predicted octanol–water partition coefficient (Wildman–Crippen LogP) is 3.97. The van der Waals surface area contributed by atoms with Crippen LogP contribution in [0.15, 0.2) is 0 Å². The van der Waals surface area contributed by atoms with Crippen molar-refractivity contribution in [2.24, 2.45) is 0 Å². The third-order valence-electron chi connectivity index (χ3n) is 3.93. The number of rotatable bonds is 12. The second-order valence-electron chi connectivity index (χ2n) is 6.55. The minimum atomic E-state index is 0.341. The molecular weight excluding hydrogens is 222 g/mol. The van der Waals surface area contributed by atoms with E-state index in [0.29, 0.717) is 12.6 Å². The third kappa shape index (κ3) is 9.90. The average Bonchev–Trinajstić information content (AvgIpc) is 2.30. The van der Waals surface area contributed by atoms with Gasteiger partial charge in [0.05, 0.1) is 27.2 Å². The maximum Gasteiger partial charge on any atom is 0.0884 e. The van der Waals surface area contributed by atoms with Gasteiger partial charge in [-0.1, -0.05) is 45.4 Å². The number of aliphatic hydroxyl groups is 1. The summed E-state index contributed by atoms with van der Waals surface area (Å²) in [6.45, 7) is 2.61. The van der Waals surface area contributed by atoms with Crippen LogP contribution >= 0.6 is 0 Å². The SMILES string of the molecule is CCCCCCCCCC(CCCO)[N+](C)(C)C. The Morgan fingerprint density at radius 3 is 1.78 bits per heavy atom. The monoisotopic (exact) mass is 258 g/mol. The molecule has 0 aliphatic carbocycles. The first kappa shape index (κ1) is 17.9. The molecule has 110 valence electrons. The molecule has 0 saturated heterocycles. The van der Waals surface area contributed by atoms with Gasteiger partial charge in [-0.2, -0.15) is 0 Å². The van der Waals surface area contributed by atoms with Crippen molar-refractivity contribution < 1.29 is 9.59 Å². The summed E-state index contributed by atoms with van der Waals surface area (Å²) >= 11 is 0. The smallest absolute Gasteiger partial charge is 0.0884 e. The molecule has 1 atom stereocenters. The Morgan fingerprint density at radius 1 is 0.778 bits per heavy atom. The minimum Gasteiger partial charge on any atom is -0.396 e. The van der Waals surface area contributed by atoms with Crippen molar-refractivity contribution in [2.45, 2.75) is 77.2 Å². The van der Waals surface area contributed by atoms with E-state index in [-0.39, 0.29) is 0 Å². The molecule has 0 rings (SSSR count). The van der Waals surface area contributed by atoms with Crippen molar-refractivity contribution in [3.63, 3.8) is 0 Å². The van der Waals surface area contributed by atoms with E-state index < -0.39 is 0 Å². The molecule has 0 saturated carbocycles. The predicted molar refractivity (Wildman–Crippen MR) is 80.8 cm³/mol. The highest BCUT2D eigenvalue weighted by atomic mass is 16.2. The molecule has 0 aromatic carbocycles. The number of aliphatic hydroxyl groups excluding tert-OH is 1. The molecule has 0 fully saturated rings. The second-order valence-corrected chi connectivity index (χ2v) is 6.55. The zero-order valence-corrected chi connectivity index (χ0v) is 13.2. The van der Waals surface area contributed by atoms with Crippen molar-refractivity contribution in [3.8, 4) is 0 Å². The highest BCUT2D eigenvalue weighted by Crippen LogP contribution is 2.18. The Labute approximate surface area is 115 Å². The summed E-state index contributed by atoms with van der Waals surface area (Å²) in [4.78, 5) is 0. The van der Waals surface area contributed by atoms with Crippen molar-refractivity contribution in [1.29, 1.82) is 0 Å². The molecular formula is C16H36NO+. The molecule has 0 spiro atoms. The average molecular weight is 258 g/mol. The highest BCUT2D eigenvalue weighted by Gasteiger charge is 2.22. The molecule has 0 radical (unpaired) electrons. The molecule has 0 amide bonds. The van der Waals surface area contributed by atoms with Gasteiger partial charge in [0.25, 0.3) is 0 Å². The molecule has 1 N–H and O–H groups in total. The fraction of sp³-hybridized carbons (Fsp3) is 1.00. The summed E-state index contributed by atoms with van der Waals surface area (Å²) in [5.41, 5.74) is 0. The van der Waals surface area contributed by atoms with Crippen LogP contribution in [0.3, 0.4) is 0 Å². The summed E-state index contributed by atoms with van der Waals surface area (Å²) < 4.78 is 1.04. The van der Waals surface area contributed by atoms with Crippen LogP contribution in [0.2, 0.25) is 0 Å². The molecule has 18 heavy (non-hydrogen) atoms. The Kier molecular flexibility index (Phi) is 10.8. The Morgan fingerprint density at radius 2 is 1.28 bits per heavy atom. The number of quaternary nitrogens is 1. The van der Waals surface area contributed by atoms with E-state index in [1.165, 1.54) is 51.4 Å². The van der Waals surface area contributed by atoms with Gasteiger partial charge in [0.15, 0.2) is 0 Å². The number of hydrogen-bond acceptors (Lipinski definition) is 1. The molecule has 1 unspecified atom stereocenters. The standard InChI is InChI=1S/C16H36NO/c1-5-6-7-8-9-10-11-13-16(14-12-15-18)17(2,3)4/h16,18H,5-15H2,1-4H3/q+1. The van der Waals surface area contributed by atoms with Gasteiger partial charge < -0.3 is 9.59 Å². The second kappa shape index (κ2) is 10.8. The van der Waals surface area contributed by atoms with E-state index in [1.54, 1.807) is 0 Å². The Bertz CT molecular complexity index is 174. The van der Waals surface area contributed by atoms with E-state index in [9.17, 15) is 0 Å². The third-order valence-corrected chi connectivity index (χ3v) is 3.93. The maximum absolute atomic E-state index is 8.97. The van der Waals surface area contributed by atoms with E-state index in [2.05, 4.69) is 28.1 Å². The first-order valence-corrected chi connectivity index (χ1v) is 7.94. The normalized spacial score (nSPS) is 13.8. The van der Waals surface area contributed by atoms with Gasteiger partial charge in [-0.25, -0.2) is 0 Å². The van der Waals surface area contributed by atoms with Crippen molar-refractivity contribution in [3.05, 3.63) is 0 Å². The fourth-order valence-corrected chi connectivity index (χ4v) is 2.58. The number of nitrogens with zero attached hydrogens (tertiary/aromatic N) is 1. The van der Waals surface area contributed by atoms with Crippen LogP contribution in [-0.2, 0) is 0 Å². The van der Waals surface area contributed by atoms with Gasteiger partial charge in [0.2, 0.25) is 0 Å². The van der Waals surface area contributed by atoms with Gasteiger partial charge in [-0.15, -0.1) is 0 Å². The molecule has 2 heteroatoms. The molecule has 0 heterocycles. The van der Waals surface area contributed by atoms with Gasteiger partial charge in [0.1, 0.15) is 0 Å². The van der Waals surface area contributed by atoms with Crippen LogP contribution in [0.5, 0.6) is 0 Å². The lowest BCUT2D eigenvalue weighted by molar-refractivity contribution is -0.896. The first-order valence-electron chi connectivity index (χ1n) is 7.94. The number of unbranched alkanes of at least 4 members (excludes halogenated alkanes) is 6. The Hall–Kier alpha value is -0.0800. The lowest BCUT2D eigenvalue weighted by Crippen LogP contribution is -2.45. The van der Waals surface area contributed by atoms with Crippen LogP contribution in [0, 0.1) is 0 Å². The molecule has 2 nitrogen and oxygen atoms in total. The lowest BCUT2D eigenvalue weighted by Gasteiger charge is -2.34. The van der Waals surface area contributed by atoms with Crippen molar-refractivity contribution in [2.75, 3.05) is 27.7 Å². The van der Waals surface area contributed by atoms with Crippen LogP contribution in [0.25, 0.3) is 0 Å². The Balaban J connectivity index is 3.63. The molecule has 0 aromatic rings. The zero-order valence-electron chi connectivity index (χ0n) is 13.2. The first-order chi connectivity index (χ1) is 8.52. The summed E-state index contributed by atoms with van der Waals surface area (Å²) in [7, 11) is 6.84. The largest absolute Gasteiger partial charge is 0.396 e. The van der Waals surface area contributed by atoms with Crippen LogP contribution in [0.4, 0.5) is 0 Å². The van der Waals surface area contributed by atoms with Crippen LogP contribution < -0.4 is 0 Å². The van der Waals surface area contributed by atoms with Gasteiger partial charge >= 0.3 is 0 Å². The summed E-state index contributed by atoms with van der Waals surface area (Å²) in [6.07, 6.45) is 13.2. The quantitative estimate of drug-likeness (QED) is 0.415. The lowest BCUT2D eigenvalue weighted by atomic mass is 10.00. The molecule has 0 aromatic heterocycles. The van der Waals surface area contributed by atoms with E-state index in [0.717, 1.165) is 17.3 Å². The minimum absolute atomic E-state index is 0.341. The van der Waals surface area contributed by atoms with E-state index in [1.807, 2.05) is 0 Å². The molecule has 0 aliphatic rings. The topological polar surface area (TPSA) is 20.2 Å². The van der Waals surface area contributed by atoms with Crippen molar-refractivity contribution >= 4 is 0 Å². The maximum atomic E-state index is 8.97. The summed E-state index contributed by atoms with van der Waals surface area (Å²) in [6, 6.07) is 0.716. The summed E-state index contributed by atoms with van der Waals surface area (Å²) in [5, 5.41) is 8.97. The zero-order chi connectivity index (χ0) is 13.9. The number of hydrogen-bond donors (Lipinski definition) is 1. The van der Waals surface area contributed by atoms with E-state index >= 15 is 0 Å². The van der Waals surface area contributed by atoms with Crippen LogP contribution in [0.1, 0.15) is 71.1 Å². The van der Waals surface area contributed by atoms with E-state index in [4.69, 9.17) is 5.11 Å². The molecule has 0 bridgehead atoms. The fourth-order valence-electron chi connectivity index (χ4n) is 2.58. The summed E-state index contributed by atoms with van der Waals surface area (Å²) in [5.74, 6) is 0. The highest BCUT2D eigenvalue weighted by molar-refractivity contribution is 4.59. The van der Waals surface area contributed by atoms with Gasteiger partial charge in [-0.3, -0.25) is 0 Å². The van der Waals surface area contributed by atoms with Crippen molar-refractivity contribution in [1.82, 2.24) is 0 Å². The molecule has 0 aliphatic heterocycles. The van der Waals surface area contributed by atoms with Crippen LogP contribution in [-0.4, -0.2) is 43.4 Å². The van der Waals surface area contributed by atoms with Gasteiger partial charge in [0, 0.05) is 13.0 Å². The van der Waals surface area contributed by atoms with Gasteiger partial charge in [-0.05, 0) is 19.3 Å².